The Morgan fingerprint density at radius 1 is 1.35 bits per heavy atom. The molecule has 0 amide bonds. The van der Waals surface area contributed by atoms with Gasteiger partial charge in [-0.3, -0.25) is 4.79 Å². The van der Waals surface area contributed by atoms with E-state index in [0.29, 0.717) is 30.8 Å². The standard InChI is InChI=1S/C15H24O2/c1-11-5-7-13(16)12(2)6-8-14(17)15(3,4)10-9-11/h9-11,14,17H,2,5-8H2,1,3-4H3. The second kappa shape index (κ2) is 5.63. The van der Waals surface area contributed by atoms with Gasteiger partial charge >= 0.3 is 0 Å². The average Bonchev–Trinajstić information content (AvgIpc) is 2.29. The number of rotatable bonds is 0. The molecule has 0 aromatic carbocycles. The molecule has 0 fully saturated rings. The van der Waals surface area contributed by atoms with Crippen LogP contribution in [0.3, 0.4) is 0 Å². The zero-order chi connectivity index (χ0) is 13.1. The van der Waals surface area contributed by atoms with E-state index in [4.69, 9.17) is 0 Å². The third-order valence-electron chi connectivity index (χ3n) is 3.65. The predicted molar refractivity (Wildman–Crippen MR) is 70.7 cm³/mol. The van der Waals surface area contributed by atoms with Crippen molar-refractivity contribution in [3.05, 3.63) is 24.3 Å². The Morgan fingerprint density at radius 2 is 2.00 bits per heavy atom. The van der Waals surface area contributed by atoms with Crippen molar-refractivity contribution in [2.45, 2.75) is 52.6 Å². The highest BCUT2D eigenvalue weighted by atomic mass is 16.3. The van der Waals surface area contributed by atoms with E-state index in [1.165, 1.54) is 0 Å². The minimum absolute atomic E-state index is 0.150. The summed E-state index contributed by atoms with van der Waals surface area (Å²) in [5.41, 5.74) is 0.427. The van der Waals surface area contributed by atoms with Gasteiger partial charge in [-0.25, -0.2) is 0 Å². The Hall–Kier alpha value is -0.890. The highest BCUT2D eigenvalue weighted by Gasteiger charge is 2.26. The van der Waals surface area contributed by atoms with Crippen LogP contribution in [-0.4, -0.2) is 17.0 Å². The van der Waals surface area contributed by atoms with Gasteiger partial charge in [0.25, 0.3) is 0 Å². The van der Waals surface area contributed by atoms with Crippen LogP contribution in [0, 0.1) is 11.3 Å². The van der Waals surface area contributed by atoms with Crippen LogP contribution in [0.1, 0.15) is 46.5 Å². The van der Waals surface area contributed by atoms with Crippen LogP contribution < -0.4 is 0 Å². The molecule has 2 nitrogen and oxygen atoms in total. The predicted octanol–water partition coefficient (Wildman–Crippen LogP) is 3.27. The number of hydrogen-bond acceptors (Lipinski definition) is 2. The summed E-state index contributed by atoms with van der Waals surface area (Å²) in [6.45, 7) is 9.99. The monoisotopic (exact) mass is 236 g/mol. The van der Waals surface area contributed by atoms with E-state index in [1.54, 1.807) is 0 Å². The Labute approximate surface area is 104 Å². The zero-order valence-corrected chi connectivity index (χ0v) is 11.2. The molecule has 1 aliphatic carbocycles. The number of ketones is 1. The summed E-state index contributed by atoms with van der Waals surface area (Å²) in [5, 5.41) is 10.1. The molecule has 2 heteroatoms. The largest absolute Gasteiger partial charge is 0.392 e. The van der Waals surface area contributed by atoms with Crippen LogP contribution in [0.4, 0.5) is 0 Å². The minimum atomic E-state index is -0.423. The highest BCUT2D eigenvalue weighted by molar-refractivity contribution is 5.94. The number of allylic oxidation sites excluding steroid dienone is 2. The molecule has 0 radical (unpaired) electrons. The van der Waals surface area contributed by atoms with E-state index >= 15 is 0 Å². The van der Waals surface area contributed by atoms with Gasteiger partial charge in [-0.1, -0.05) is 39.5 Å². The molecule has 0 saturated heterocycles. The lowest BCUT2D eigenvalue weighted by molar-refractivity contribution is -0.115. The Balaban J connectivity index is 2.85. The van der Waals surface area contributed by atoms with Gasteiger partial charge in [-0.05, 0) is 30.8 Å². The quantitative estimate of drug-likeness (QED) is 0.518. The fourth-order valence-electron chi connectivity index (χ4n) is 1.98. The second-order valence-corrected chi connectivity index (χ2v) is 5.78. The Morgan fingerprint density at radius 3 is 2.65 bits per heavy atom. The summed E-state index contributed by atoms with van der Waals surface area (Å²) in [6, 6.07) is 0. The molecule has 0 saturated carbocycles. The normalized spacial score (nSPS) is 31.1. The van der Waals surface area contributed by atoms with Gasteiger partial charge in [-0.2, -0.15) is 0 Å². The fraction of sp³-hybridized carbons (Fsp3) is 0.667. The van der Waals surface area contributed by atoms with Crippen LogP contribution in [0.15, 0.2) is 24.3 Å². The molecule has 1 rings (SSSR count). The molecule has 96 valence electrons. The molecular formula is C15H24O2. The maximum atomic E-state index is 11.8. The maximum Gasteiger partial charge on any atom is 0.158 e. The summed E-state index contributed by atoms with van der Waals surface area (Å²) in [7, 11) is 0. The van der Waals surface area contributed by atoms with E-state index in [9.17, 15) is 9.90 Å². The highest BCUT2D eigenvalue weighted by Crippen LogP contribution is 2.29. The second-order valence-electron chi connectivity index (χ2n) is 5.78. The number of aliphatic hydroxyl groups excluding tert-OH is 1. The van der Waals surface area contributed by atoms with Crippen molar-refractivity contribution in [2.24, 2.45) is 11.3 Å². The van der Waals surface area contributed by atoms with Crippen LogP contribution >= 0.6 is 0 Å². The smallest absolute Gasteiger partial charge is 0.158 e. The van der Waals surface area contributed by atoms with Gasteiger partial charge in [0.1, 0.15) is 0 Å². The van der Waals surface area contributed by atoms with Crippen LogP contribution in [0.5, 0.6) is 0 Å². The summed E-state index contributed by atoms with van der Waals surface area (Å²) in [6.07, 6.45) is 6.42. The van der Waals surface area contributed by atoms with E-state index in [2.05, 4.69) is 25.7 Å². The molecular weight excluding hydrogens is 212 g/mol. The summed E-state index contributed by atoms with van der Waals surface area (Å²) in [4.78, 5) is 11.8. The minimum Gasteiger partial charge on any atom is -0.392 e. The molecule has 1 aliphatic rings. The first-order valence-electron chi connectivity index (χ1n) is 6.41. The molecule has 0 spiro atoms. The zero-order valence-electron chi connectivity index (χ0n) is 11.2. The van der Waals surface area contributed by atoms with Crippen molar-refractivity contribution in [1.82, 2.24) is 0 Å². The number of Topliss-reactive ketones (excluding diaryl/α,β-unsaturated/α-hetero) is 1. The van der Waals surface area contributed by atoms with Gasteiger partial charge in [-0.15, -0.1) is 0 Å². The van der Waals surface area contributed by atoms with Gasteiger partial charge < -0.3 is 5.11 Å². The van der Waals surface area contributed by atoms with E-state index < -0.39 is 6.10 Å². The molecule has 0 aliphatic heterocycles. The number of hydrogen-bond donors (Lipinski definition) is 1. The Kier molecular flexibility index (Phi) is 4.70. The fourth-order valence-corrected chi connectivity index (χ4v) is 1.98. The van der Waals surface area contributed by atoms with Crippen LogP contribution in [0.25, 0.3) is 0 Å². The maximum absolute atomic E-state index is 11.8. The van der Waals surface area contributed by atoms with Gasteiger partial charge in [0.05, 0.1) is 6.10 Å². The first-order valence-corrected chi connectivity index (χ1v) is 6.41. The van der Waals surface area contributed by atoms with Crippen LogP contribution in [0.2, 0.25) is 0 Å². The van der Waals surface area contributed by atoms with Crippen molar-refractivity contribution in [1.29, 1.82) is 0 Å². The Bertz CT molecular complexity index is 326. The molecule has 2 unspecified atom stereocenters. The lowest BCUT2D eigenvalue weighted by Crippen LogP contribution is -2.27. The van der Waals surface area contributed by atoms with Crippen molar-refractivity contribution in [3.8, 4) is 0 Å². The van der Waals surface area contributed by atoms with Crippen molar-refractivity contribution >= 4 is 5.78 Å². The third-order valence-corrected chi connectivity index (χ3v) is 3.65. The number of aliphatic hydroxyl groups is 1. The number of carbonyl (C=O) groups excluding carboxylic acids is 1. The number of carbonyl (C=O) groups is 1. The lowest BCUT2D eigenvalue weighted by Gasteiger charge is -2.27. The topological polar surface area (TPSA) is 37.3 Å². The summed E-state index contributed by atoms with van der Waals surface area (Å²) < 4.78 is 0. The average molecular weight is 236 g/mol. The molecule has 0 heterocycles. The van der Waals surface area contributed by atoms with Crippen molar-refractivity contribution in [3.63, 3.8) is 0 Å². The molecule has 1 N–H and O–H groups in total. The van der Waals surface area contributed by atoms with Gasteiger partial charge in [0, 0.05) is 11.8 Å². The van der Waals surface area contributed by atoms with Crippen LogP contribution in [-0.2, 0) is 4.79 Å². The summed E-state index contributed by atoms with van der Waals surface area (Å²) in [5.74, 6) is 0.522. The van der Waals surface area contributed by atoms with E-state index in [-0.39, 0.29) is 11.2 Å². The molecule has 0 bridgehead atoms. The van der Waals surface area contributed by atoms with Gasteiger partial charge in [0.2, 0.25) is 0 Å². The first-order chi connectivity index (χ1) is 7.83. The van der Waals surface area contributed by atoms with E-state index in [0.717, 1.165) is 6.42 Å². The molecule has 17 heavy (non-hydrogen) atoms. The van der Waals surface area contributed by atoms with E-state index in [1.807, 2.05) is 13.8 Å². The molecule has 0 aromatic heterocycles. The van der Waals surface area contributed by atoms with Crippen molar-refractivity contribution < 1.29 is 9.90 Å². The molecule has 0 aromatic rings. The van der Waals surface area contributed by atoms with Crippen molar-refractivity contribution in [2.75, 3.05) is 0 Å². The summed E-state index contributed by atoms with van der Waals surface area (Å²) >= 11 is 0. The van der Waals surface area contributed by atoms with Gasteiger partial charge in [0.15, 0.2) is 5.78 Å². The first kappa shape index (κ1) is 14.2. The lowest BCUT2D eigenvalue weighted by atomic mass is 9.82. The SMILES string of the molecule is C=C1CCC(O)C(C)(C)C=CC(C)CCC1=O. The third kappa shape index (κ3) is 4.12. The molecule has 2 atom stereocenters.